The summed E-state index contributed by atoms with van der Waals surface area (Å²) in [6.07, 6.45) is 1.85. The number of H-pyrrole nitrogens is 1. The van der Waals surface area contributed by atoms with E-state index in [0.717, 1.165) is 24.3 Å². The lowest BCUT2D eigenvalue weighted by Gasteiger charge is -2.06. The van der Waals surface area contributed by atoms with Gasteiger partial charge in [0.1, 0.15) is 0 Å². The first-order chi connectivity index (χ1) is 7.65. The van der Waals surface area contributed by atoms with Crippen LogP contribution in [0.2, 0.25) is 0 Å². The lowest BCUT2D eigenvalue weighted by atomic mass is 10.2. The Kier molecular flexibility index (Phi) is 5.91. The highest BCUT2D eigenvalue weighted by Gasteiger charge is 2.05. The number of aromatic nitrogens is 2. The number of aromatic amines is 1. The molecule has 0 aliphatic carbocycles. The van der Waals surface area contributed by atoms with Crippen LogP contribution in [-0.2, 0) is 6.42 Å². The fourth-order valence-electron chi connectivity index (χ4n) is 1.20. The lowest BCUT2D eigenvalue weighted by Crippen LogP contribution is -2.11. The van der Waals surface area contributed by atoms with Crippen molar-refractivity contribution in [2.75, 3.05) is 11.6 Å². The first kappa shape index (κ1) is 13.6. The molecule has 1 heterocycles. The van der Waals surface area contributed by atoms with Gasteiger partial charge in [-0.2, -0.15) is 0 Å². The van der Waals surface area contributed by atoms with Crippen molar-refractivity contribution in [2.45, 2.75) is 31.8 Å². The molecule has 1 unspecified atom stereocenters. The summed E-state index contributed by atoms with van der Waals surface area (Å²) < 4.78 is 0. The highest BCUT2D eigenvalue weighted by atomic mass is 35.5. The van der Waals surface area contributed by atoms with E-state index in [1.807, 2.05) is 0 Å². The maximum Gasteiger partial charge on any atom is 0.251 e. The van der Waals surface area contributed by atoms with Gasteiger partial charge >= 0.3 is 0 Å². The Hall–Kier alpha value is -0.480. The molecule has 0 bridgehead atoms. The molecule has 90 valence electrons. The fourth-order valence-corrected chi connectivity index (χ4v) is 2.36. The first-order valence-corrected chi connectivity index (χ1v) is 6.96. The second-order valence-corrected chi connectivity index (χ2v) is 5.18. The molecule has 3 nitrogen and oxygen atoms in total. The van der Waals surface area contributed by atoms with Crippen molar-refractivity contribution in [3.05, 3.63) is 22.1 Å². The molecule has 0 radical (unpaired) electrons. The molecule has 0 spiro atoms. The number of alkyl halides is 1. The zero-order valence-corrected chi connectivity index (χ0v) is 11.2. The van der Waals surface area contributed by atoms with Gasteiger partial charge in [-0.15, -0.1) is 11.6 Å². The van der Waals surface area contributed by atoms with Crippen molar-refractivity contribution in [3.63, 3.8) is 0 Å². The molecule has 0 saturated heterocycles. The van der Waals surface area contributed by atoms with Crippen LogP contribution in [0.25, 0.3) is 0 Å². The molecule has 1 N–H and O–H groups in total. The van der Waals surface area contributed by atoms with Gasteiger partial charge in [0.05, 0.1) is 0 Å². The van der Waals surface area contributed by atoms with E-state index < -0.39 is 0 Å². The van der Waals surface area contributed by atoms with Gasteiger partial charge in [-0.3, -0.25) is 4.79 Å². The maximum atomic E-state index is 11.4. The van der Waals surface area contributed by atoms with Crippen LogP contribution < -0.4 is 5.56 Å². The SMILES string of the molecule is CCCc1cc(=O)[nH]c(SCC(C)CCl)n1. The summed E-state index contributed by atoms with van der Waals surface area (Å²) in [4.78, 5) is 18.5. The topological polar surface area (TPSA) is 45.8 Å². The minimum absolute atomic E-state index is 0.0699. The van der Waals surface area contributed by atoms with Gasteiger partial charge in [0.2, 0.25) is 0 Å². The molecule has 0 saturated carbocycles. The molecule has 1 aromatic heterocycles. The van der Waals surface area contributed by atoms with Crippen LogP contribution in [0, 0.1) is 5.92 Å². The minimum atomic E-state index is -0.0699. The Morgan fingerprint density at radius 3 is 3.00 bits per heavy atom. The van der Waals surface area contributed by atoms with E-state index in [9.17, 15) is 4.79 Å². The molecule has 5 heteroatoms. The van der Waals surface area contributed by atoms with Crippen LogP contribution in [0.3, 0.4) is 0 Å². The average molecular weight is 261 g/mol. The van der Waals surface area contributed by atoms with Crippen molar-refractivity contribution in [2.24, 2.45) is 5.92 Å². The number of hydrogen-bond donors (Lipinski definition) is 1. The van der Waals surface area contributed by atoms with Crippen LogP contribution in [0.1, 0.15) is 26.0 Å². The predicted molar refractivity (Wildman–Crippen MR) is 69.5 cm³/mol. The zero-order valence-electron chi connectivity index (χ0n) is 9.62. The van der Waals surface area contributed by atoms with Crippen molar-refractivity contribution >= 4 is 23.4 Å². The lowest BCUT2D eigenvalue weighted by molar-refractivity contribution is 0.753. The van der Waals surface area contributed by atoms with E-state index in [-0.39, 0.29) is 5.56 Å². The third-order valence-electron chi connectivity index (χ3n) is 2.05. The van der Waals surface area contributed by atoms with E-state index in [0.29, 0.717) is 17.0 Å². The van der Waals surface area contributed by atoms with Gasteiger partial charge in [0, 0.05) is 23.4 Å². The monoisotopic (exact) mass is 260 g/mol. The van der Waals surface area contributed by atoms with Gasteiger partial charge in [-0.05, 0) is 12.3 Å². The Morgan fingerprint density at radius 2 is 2.38 bits per heavy atom. The molecule has 0 amide bonds. The van der Waals surface area contributed by atoms with Crippen LogP contribution in [-0.4, -0.2) is 21.6 Å². The smallest absolute Gasteiger partial charge is 0.251 e. The van der Waals surface area contributed by atoms with Crippen molar-refractivity contribution in [1.82, 2.24) is 9.97 Å². The predicted octanol–water partition coefficient (Wildman–Crippen LogP) is 2.69. The number of thioether (sulfide) groups is 1. The summed E-state index contributed by atoms with van der Waals surface area (Å²) in [5.41, 5.74) is 0.798. The first-order valence-electron chi connectivity index (χ1n) is 5.44. The molecule has 0 aliphatic heterocycles. The maximum absolute atomic E-state index is 11.4. The number of nitrogens with zero attached hydrogens (tertiary/aromatic N) is 1. The fraction of sp³-hybridized carbons (Fsp3) is 0.636. The summed E-state index contributed by atoms with van der Waals surface area (Å²) in [5, 5.41) is 0.702. The average Bonchev–Trinajstić information content (AvgIpc) is 2.25. The van der Waals surface area contributed by atoms with E-state index in [1.54, 1.807) is 17.8 Å². The van der Waals surface area contributed by atoms with Crippen LogP contribution in [0.5, 0.6) is 0 Å². The van der Waals surface area contributed by atoms with Gasteiger partial charge in [-0.25, -0.2) is 4.98 Å². The van der Waals surface area contributed by atoms with Crippen LogP contribution in [0.15, 0.2) is 16.0 Å². The van der Waals surface area contributed by atoms with Crippen molar-refractivity contribution < 1.29 is 0 Å². The normalized spacial score (nSPS) is 12.7. The summed E-state index contributed by atoms with van der Waals surface area (Å²) >= 11 is 7.28. The molecular weight excluding hydrogens is 244 g/mol. The molecular formula is C11H17ClN2OS. The number of halogens is 1. The molecule has 1 aromatic rings. The van der Waals surface area contributed by atoms with Gasteiger partial charge < -0.3 is 4.98 Å². The second-order valence-electron chi connectivity index (χ2n) is 3.86. The zero-order chi connectivity index (χ0) is 12.0. The third-order valence-corrected chi connectivity index (χ3v) is 3.78. The number of rotatable bonds is 6. The second kappa shape index (κ2) is 6.97. The number of hydrogen-bond acceptors (Lipinski definition) is 3. The third kappa shape index (κ3) is 4.58. The molecule has 1 atom stereocenters. The summed E-state index contributed by atoms with van der Waals surface area (Å²) in [6, 6.07) is 1.57. The molecule has 16 heavy (non-hydrogen) atoms. The van der Waals surface area contributed by atoms with Crippen molar-refractivity contribution in [1.29, 1.82) is 0 Å². The molecule has 1 rings (SSSR count). The Labute approximate surface area is 105 Å². The van der Waals surface area contributed by atoms with Crippen molar-refractivity contribution in [3.8, 4) is 0 Å². The number of nitrogens with one attached hydrogen (secondary N) is 1. The largest absolute Gasteiger partial charge is 0.301 e. The number of aryl methyl sites for hydroxylation is 1. The van der Waals surface area contributed by atoms with Gasteiger partial charge in [0.25, 0.3) is 5.56 Å². The van der Waals surface area contributed by atoms with Gasteiger partial charge in [-0.1, -0.05) is 32.0 Å². The van der Waals surface area contributed by atoms with Gasteiger partial charge in [0.15, 0.2) is 5.16 Å². The highest BCUT2D eigenvalue weighted by Crippen LogP contribution is 2.16. The molecule has 0 aliphatic rings. The Bertz CT molecular complexity index is 380. The van der Waals surface area contributed by atoms with E-state index in [4.69, 9.17) is 11.6 Å². The van der Waals surface area contributed by atoms with E-state index >= 15 is 0 Å². The van der Waals surface area contributed by atoms with E-state index in [1.165, 1.54) is 0 Å². The highest BCUT2D eigenvalue weighted by molar-refractivity contribution is 7.99. The summed E-state index contributed by atoms with van der Waals surface area (Å²) in [5.74, 6) is 1.93. The Morgan fingerprint density at radius 1 is 1.62 bits per heavy atom. The van der Waals surface area contributed by atoms with Crippen LogP contribution in [0.4, 0.5) is 0 Å². The summed E-state index contributed by atoms with van der Waals surface area (Å²) in [6.45, 7) is 4.15. The standard InChI is InChI=1S/C11H17ClN2OS/c1-3-4-9-5-10(15)14-11(13-9)16-7-8(2)6-12/h5,8H,3-4,6-7H2,1-2H3,(H,13,14,15). The summed E-state index contributed by atoms with van der Waals surface area (Å²) in [7, 11) is 0. The van der Waals surface area contributed by atoms with E-state index in [2.05, 4.69) is 23.8 Å². The van der Waals surface area contributed by atoms with Crippen LogP contribution >= 0.6 is 23.4 Å². The minimum Gasteiger partial charge on any atom is -0.301 e. The molecule has 0 fully saturated rings. The Balaban J connectivity index is 2.68. The molecule has 0 aromatic carbocycles. The quantitative estimate of drug-likeness (QED) is 0.486.